The molecule has 4 aromatic carbocycles. The lowest BCUT2D eigenvalue weighted by atomic mass is 9.86. The summed E-state index contributed by atoms with van der Waals surface area (Å²) in [7, 11) is 5.66. The fourth-order valence-electron chi connectivity index (χ4n) is 11.3. The highest BCUT2D eigenvalue weighted by Gasteiger charge is 2.50. The number of benzene rings is 4. The van der Waals surface area contributed by atoms with E-state index in [9.17, 15) is 74.4 Å². The summed E-state index contributed by atoms with van der Waals surface area (Å²) in [4.78, 5) is 104. The van der Waals surface area contributed by atoms with Crippen LogP contribution in [-0.2, 0) is 28.8 Å². The first-order chi connectivity index (χ1) is 41.6. The third kappa shape index (κ3) is 17.3. The van der Waals surface area contributed by atoms with E-state index < -0.39 is 158 Å². The van der Waals surface area contributed by atoms with Crippen molar-refractivity contribution in [3.63, 3.8) is 0 Å². The molecule has 3 fully saturated rings. The van der Waals surface area contributed by atoms with Crippen LogP contribution in [0.4, 0.5) is 0 Å². The number of amides is 6. The zero-order valence-corrected chi connectivity index (χ0v) is 50.9. The molecule has 13 N–H and O–H groups in total. The largest absolute Gasteiger partial charge is 0.508 e. The highest BCUT2D eigenvalue weighted by molar-refractivity contribution is 6.00. The third-order valence-electron chi connectivity index (χ3n) is 16.5. The number of aliphatic hydroxyl groups excluding tert-OH is 7. The average molecular weight is 1220 g/mol. The van der Waals surface area contributed by atoms with E-state index >= 15 is 0 Å². The van der Waals surface area contributed by atoms with Crippen LogP contribution in [0, 0.1) is 11.8 Å². The number of rotatable bonds is 18. The number of quaternary nitrogens is 1. The number of nitrogens with one attached hydrogen (secondary N) is 5. The number of phenolic OH excluding ortho intramolecular Hbond substituents is 1. The summed E-state index contributed by atoms with van der Waals surface area (Å²) < 4.78 is 6.27. The monoisotopic (exact) mass is 1220 g/mol. The molecule has 0 aromatic heterocycles. The van der Waals surface area contributed by atoms with Gasteiger partial charge in [0.1, 0.15) is 47.9 Å². The predicted octanol–water partition coefficient (Wildman–Crippen LogP) is 0.467. The SMILES string of the molecule is CCCCCOc1ccc(-c2ccc(-c3ccc(C(=O)N[C@H]4C[C@@H](O)C(NCC[N+](C)(C)C)NC(=O)C5[C@@H](O)[C@@H](C)CN5C(=O)C([C@@H](C)O)NC(=O)C([C@H](O)[C@@H](O)c5ccc(O)cc5)CC(=O)C5C[C@@H](O)CN5C(=O)C([C@@H](C)O)NC4=O)cc3)cc2)cc1. The molecular weight excluding hydrogens is 1140 g/mol. The Morgan fingerprint density at radius 3 is 1.80 bits per heavy atom. The second kappa shape index (κ2) is 30.2. The van der Waals surface area contributed by atoms with Gasteiger partial charge in [-0.2, -0.15) is 0 Å². The number of Topliss-reactive ketones (excluding diaryl/α,β-unsaturated/α-hetero) is 1. The zero-order valence-electron chi connectivity index (χ0n) is 50.9. The second-order valence-corrected chi connectivity index (χ2v) is 24.6. The molecule has 6 unspecified atom stereocenters. The van der Waals surface area contributed by atoms with Gasteiger partial charge in [-0.05, 0) is 84.5 Å². The zero-order chi connectivity index (χ0) is 64.3. The van der Waals surface area contributed by atoms with Crippen molar-refractivity contribution in [1.82, 2.24) is 36.4 Å². The molecule has 7 rings (SSSR count). The first-order valence-electron chi connectivity index (χ1n) is 30.0. The lowest BCUT2D eigenvalue weighted by molar-refractivity contribution is -0.869. The Bertz CT molecular complexity index is 3030. The molecule has 3 aliphatic rings. The lowest BCUT2D eigenvalue weighted by Gasteiger charge is -2.34. The van der Waals surface area contributed by atoms with E-state index in [1.165, 1.54) is 43.3 Å². The van der Waals surface area contributed by atoms with E-state index in [1.807, 2.05) is 69.7 Å². The quantitative estimate of drug-likeness (QED) is 0.0476. The summed E-state index contributed by atoms with van der Waals surface area (Å²) in [6.07, 6.45) is -12.7. The molecule has 88 heavy (non-hydrogen) atoms. The Morgan fingerprint density at radius 1 is 0.693 bits per heavy atom. The summed E-state index contributed by atoms with van der Waals surface area (Å²) in [6.45, 7) is 6.35. The van der Waals surface area contributed by atoms with Crippen molar-refractivity contribution in [3.05, 3.63) is 108 Å². The number of hydrogen-bond donors (Lipinski definition) is 13. The van der Waals surface area contributed by atoms with Crippen molar-refractivity contribution in [3.8, 4) is 33.8 Å². The van der Waals surface area contributed by atoms with Crippen LogP contribution in [0.1, 0.15) is 88.2 Å². The van der Waals surface area contributed by atoms with Crippen LogP contribution in [0.15, 0.2) is 97.1 Å². The van der Waals surface area contributed by atoms with E-state index in [4.69, 9.17) is 4.74 Å². The van der Waals surface area contributed by atoms with Gasteiger partial charge in [0.05, 0.1) is 82.9 Å². The van der Waals surface area contributed by atoms with Gasteiger partial charge in [-0.3, -0.25) is 38.9 Å². The van der Waals surface area contributed by atoms with E-state index in [1.54, 1.807) is 19.1 Å². The van der Waals surface area contributed by atoms with Crippen molar-refractivity contribution in [1.29, 1.82) is 0 Å². The molecule has 3 aliphatic heterocycles. The molecule has 15 atom stereocenters. The summed E-state index contributed by atoms with van der Waals surface area (Å²) >= 11 is 0. The Balaban J connectivity index is 1.23. The maximum absolute atomic E-state index is 14.8. The minimum Gasteiger partial charge on any atom is -0.508 e. The summed E-state index contributed by atoms with van der Waals surface area (Å²) in [6, 6.07) is 18.1. The number of aliphatic hydroxyl groups is 7. The summed E-state index contributed by atoms with van der Waals surface area (Å²) in [5, 5.41) is 104. The van der Waals surface area contributed by atoms with Gasteiger partial charge in [0, 0.05) is 50.4 Å². The Labute approximate surface area is 512 Å². The van der Waals surface area contributed by atoms with Gasteiger partial charge in [-0.15, -0.1) is 0 Å². The molecule has 4 aromatic rings. The molecule has 24 nitrogen and oxygen atoms in total. The number of hydrogen-bond acceptors (Lipinski definition) is 17. The van der Waals surface area contributed by atoms with Gasteiger partial charge in [-0.1, -0.05) is 87.4 Å². The fourth-order valence-corrected chi connectivity index (χ4v) is 11.3. The number of likely N-dealkylation sites (N-methyl/N-ethyl adjacent to an activating group) is 1. The Kier molecular flexibility index (Phi) is 23.4. The third-order valence-corrected chi connectivity index (χ3v) is 16.5. The molecule has 0 saturated carbocycles. The van der Waals surface area contributed by atoms with E-state index in [-0.39, 0.29) is 30.0 Å². The van der Waals surface area contributed by atoms with Crippen LogP contribution >= 0.6 is 0 Å². The lowest BCUT2D eigenvalue weighted by Crippen LogP contribution is -2.63. The second-order valence-electron chi connectivity index (χ2n) is 24.6. The molecule has 24 heteroatoms. The van der Waals surface area contributed by atoms with Crippen molar-refractivity contribution in [2.45, 2.75) is 145 Å². The maximum atomic E-state index is 14.8. The van der Waals surface area contributed by atoms with Crippen molar-refractivity contribution in [2.75, 3.05) is 53.9 Å². The van der Waals surface area contributed by atoms with E-state index in [0.29, 0.717) is 17.6 Å². The first kappa shape index (κ1) is 68.1. The van der Waals surface area contributed by atoms with Crippen LogP contribution in [0.5, 0.6) is 11.5 Å². The molecule has 0 spiro atoms. The Hall–Kier alpha value is -7.39. The average Bonchev–Trinajstić information content (AvgIpc) is 2.08. The number of ketones is 1. The number of ether oxygens (including phenoxy) is 1. The predicted molar refractivity (Wildman–Crippen MR) is 323 cm³/mol. The maximum Gasteiger partial charge on any atom is 0.251 e. The number of carbonyl (C=O) groups excluding carboxylic acids is 7. The number of aromatic hydroxyl groups is 1. The van der Waals surface area contributed by atoms with Crippen LogP contribution in [0.3, 0.4) is 0 Å². The van der Waals surface area contributed by atoms with Gasteiger partial charge < -0.3 is 81.1 Å². The standard InChI is InChI=1S/C64H86N8O16/c1-8-9-10-29-88-46-25-21-41(22-26-46)39-13-11-38(12-14-39)40-15-17-43(18-16-40)59(82)66-48-32-51(78)58(65-27-28-72(5,6)7)69-62(85)54-55(79)35(2)33-71(54)64(87)53(37(4)74)67-60(83)47(57(81)56(80)42-19-23-44(75)24-20-42)31-50(77)49-30-45(76)34-70(49)63(86)52(36(3)73)68-61(48)84/h11-26,35-37,45,47-49,51-58,65,73-74,76,78-81H,8-10,27-34H2,1-7H3,(H4-,66,67,68,69,75,82,83,84,85)/p+1/t35-,36+,37+,45+,47?,48-,49?,51+,52?,53?,54?,55-,56-,57-,58?/m0/s1. The Morgan fingerprint density at radius 2 is 1.24 bits per heavy atom. The number of carbonyl (C=O) groups is 7. The van der Waals surface area contributed by atoms with Crippen molar-refractivity contribution < 1.29 is 83.6 Å². The van der Waals surface area contributed by atoms with E-state index in [0.717, 1.165) is 64.0 Å². The van der Waals surface area contributed by atoms with Gasteiger partial charge >= 0.3 is 0 Å². The molecule has 0 radical (unpaired) electrons. The molecule has 3 saturated heterocycles. The normalized spacial score (nSPS) is 26.8. The van der Waals surface area contributed by atoms with Crippen molar-refractivity contribution >= 4 is 41.2 Å². The fraction of sp³-hybridized carbons (Fsp3) is 0.516. The summed E-state index contributed by atoms with van der Waals surface area (Å²) in [5.41, 5.74) is 3.58. The molecule has 3 heterocycles. The number of unbranched alkanes of at least 4 members (excludes halogenated alkanes) is 2. The van der Waals surface area contributed by atoms with Gasteiger partial charge in [0.25, 0.3) is 5.91 Å². The topological polar surface area (TPSA) is 357 Å². The first-order valence-corrected chi connectivity index (χ1v) is 30.0. The van der Waals surface area contributed by atoms with Gasteiger partial charge in [0.15, 0.2) is 5.78 Å². The minimum absolute atomic E-state index is 0.0178. The summed E-state index contributed by atoms with van der Waals surface area (Å²) in [5.74, 6) is -9.54. The van der Waals surface area contributed by atoms with Gasteiger partial charge in [-0.25, -0.2) is 0 Å². The van der Waals surface area contributed by atoms with Crippen LogP contribution in [0.25, 0.3) is 22.3 Å². The van der Waals surface area contributed by atoms with Crippen LogP contribution in [0.2, 0.25) is 0 Å². The molecule has 0 aliphatic carbocycles. The molecule has 478 valence electrons. The number of phenols is 1. The smallest absolute Gasteiger partial charge is 0.251 e. The molecular formula is C64H87N8O16+. The minimum atomic E-state index is -2.17. The highest BCUT2D eigenvalue weighted by Crippen LogP contribution is 2.32. The number of nitrogens with zero attached hydrogens (tertiary/aromatic N) is 3. The highest BCUT2D eigenvalue weighted by atomic mass is 16.5. The van der Waals surface area contributed by atoms with Crippen molar-refractivity contribution in [2.24, 2.45) is 11.8 Å². The van der Waals surface area contributed by atoms with E-state index in [2.05, 4.69) is 33.5 Å². The van der Waals surface area contributed by atoms with Crippen LogP contribution in [-0.4, -0.2) is 223 Å². The molecule has 0 bridgehead atoms. The number of fused-ring (bicyclic) bond motifs is 2. The van der Waals surface area contributed by atoms with Crippen LogP contribution < -0.4 is 31.3 Å². The molecule has 6 amide bonds. The van der Waals surface area contributed by atoms with Gasteiger partial charge in [0.2, 0.25) is 29.5 Å².